The van der Waals surface area contributed by atoms with E-state index in [1.54, 1.807) is 0 Å². The number of sulfonamides is 1. The maximum atomic E-state index is 12.6. The number of ether oxygens (including phenoxy) is 1. The normalized spacial score (nSPS) is 17.0. The summed E-state index contributed by atoms with van der Waals surface area (Å²) >= 11 is 0. The summed E-state index contributed by atoms with van der Waals surface area (Å²) in [4.78, 5) is 12.5. The molecule has 1 N–H and O–H groups in total. The van der Waals surface area contributed by atoms with Crippen LogP contribution in [-0.2, 0) is 14.8 Å². The highest BCUT2D eigenvalue weighted by atomic mass is 32.2. The van der Waals surface area contributed by atoms with Crippen LogP contribution in [0.25, 0.3) is 0 Å². The molecule has 0 spiro atoms. The summed E-state index contributed by atoms with van der Waals surface area (Å²) in [6.45, 7) is 5.13. The van der Waals surface area contributed by atoms with Crippen LogP contribution in [0.2, 0.25) is 0 Å². The van der Waals surface area contributed by atoms with Crippen molar-refractivity contribution in [2.45, 2.75) is 24.8 Å². The Bertz CT molecular complexity index is 867. The molecule has 3 rings (SSSR count). The van der Waals surface area contributed by atoms with Gasteiger partial charge in [-0.3, -0.25) is 4.79 Å². The zero-order valence-corrected chi connectivity index (χ0v) is 15.6. The number of hydrogen-bond donors (Lipinski definition) is 1. The molecule has 1 fully saturated rings. The molecule has 0 aliphatic carbocycles. The molecule has 2 heterocycles. The minimum Gasteiger partial charge on any atom is -0.464 e. The molecule has 1 aromatic carbocycles. The standard InChI is InChI=1S/C18H22N2O5S/c1-13-3-8-17(25-13)14(2)19-18(21)15-4-6-16(7-5-15)26(22,23)20-9-11-24-12-10-20/h3-8,14H,9-12H2,1-2H3,(H,19,21). The fourth-order valence-corrected chi connectivity index (χ4v) is 4.16. The maximum absolute atomic E-state index is 12.6. The average Bonchev–Trinajstić information content (AvgIpc) is 3.09. The third-order valence-corrected chi connectivity index (χ3v) is 6.17. The van der Waals surface area contributed by atoms with Crippen molar-refractivity contribution >= 4 is 15.9 Å². The van der Waals surface area contributed by atoms with Crippen LogP contribution in [0, 0.1) is 6.92 Å². The molecule has 1 aliphatic heterocycles. The van der Waals surface area contributed by atoms with Crippen molar-refractivity contribution in [2.75, 3.05) is 26.3 Å². The molecule has 140 valence electrons. The van der Waals surface area contributed by atoms with E-state index in [1.165, 1.54) is 28.6 Å². The lowest BCUT2D eigenvalue weighted by molar-refractivity contribution is 0.0730. The molecule has 26 heavy (non-hydrogen) atoms. The second-order valence-corrected chi connectivity index (χ2v) is 8.12. The van der Waals surface area contributed by atoms with Crippen molar-refractivity contribution in [1.29, 1.82) is 0 Å². The predicted molar refractivity (Wildman–Crippen MR) is 95.3 cm³/mol. The number of carbonyl (C=O) groups is 1. The third-order valence-electron chi connectivity index (χ3n) is 4.26. The van der Waals surface area contributed by atoms with Gasteiger partial charge in [0.2, 0.25) is 10.0 Å². The quantitative estimate of drug-likeness (QED) is 0.861. The molecule has 2 aromatic rings. The van der Waals surface area contributed by atoms with Gasteiger partial charge in [0.25, 0.3) is 5.91 Å². The minimum absolute atomic E-state index is 0.172. The first kappa shape index (κ1) is 18.6. The van der Waals surface area contributed by atoms with Gasteiger partial charge in [-0.05, 0) is 50.2 Å². The Morgan fingerprint density at radius 3 is 2.35 bits per heavy atom. The highest BCUT2D eigenvalue weighted by molar-refractivity contribution is 7.89. The van der Waals surface area contributed by atoms with Crippen molar-refractivity contribution in [3.63, 3.8) is 0 Å². The number of aryl methyl sites for hydroxylation is 1. The van der Waals surface area contributed by atoms with Gasteiger partial charge in [-0.1, -0.05) is 0 Å². The Hall–Kier alpha value is -2.16. The topological polar surface area (TPSA) is 88.9 Å². The third kappa shape index (κ3) is 3.98. The largest absolute Gasteiger partial charge is 0.464 e. The van der Waals surface area contributed by atoms with Gasteiger partial charge in [0, 0.05) is 18.7 Å². The van der Waals surface area contributed by atoms with Gasteiger partial charge in [-0.25, -0.2) is 8.42 Å². The van der Waals surface area contributed by atoms with Crippen molar-refractivity contribution < 1.29 is 22.4 Å². The number of carbonyl (C=O) groups excluding carboxylic acids is 1. The average molecular weight is 378 g/mol. The summed E-state index contributed by atoms with van der Waals surface area (Å²) in [5.41, 5.74) is 0.390. The summed E-state index contributed by atoms with van der Waals surface area (Å²) in [5, 5.41) is 2.84. The highest BCUT2D eigenvalue weighted by Gasteiger charge is 2.26. The Labute approximate surface area is 153 Å². The van der Waals surface area contributed by atoms with E-state index in [0.717, 1.165) is 5.76 Å². The molecule has 1 aromatic heterocycles. The van der Waals surface area contributed by atoms with Gasteiger partial charge in [0.1, 0.15) is 11.5 Å². The molecule has 7 nitrogen and oxygen atoms in total. The maximum Gasteiger partial charge on any atom is 0.251 e. The van der Waals surface area contributed by atoms with E-state index in [4.69, 9.17) is 9.15 Å². The first-order valence-electron chi connectivity index (χ1n) is 8.43. The van der Waals surface area contributed by atoms with E-state index in [0.29, 0.717) is 37.6 Å². The van der Waals surface area contributed by atoms with E-state index in [9.17, 15) is 13.2 Å². The Morgan fingerprint density at radius 1 is 1.12 bits per heavy atom. The van der Waals surface area contributed by atoms with Crippen LogP contribution in [0.15, 0.2) is 45.7 Å². The molecule has 0 bridgehead atoms. The second-order valence-electron chi connectivity index (χ2n) is 6.18. The molecule has 0 radical (unpaired) electrons. The van der Waals surface area contributed by atoms with Crippen LogP contribution < -0.4 is 5.32 Å². The lowest BCUT2D eigenvalue weighted by Crippen LogP contribution is -2.40. The summed E-state index contributed by atoms with van der Waals surface area (Å²) < 4.78 is 37.3. The zero-order valence-electron chi connectivity index (χ0n) is 14.8. The Morgan fingerprint density at radius 2 is 1.77 bits per heavy atom. The summed E-state index contributed by atoms with van der Waals surface area (Å²) in [6.07, 6.45) is 0. The number of morpholine rings is 1. The van der Waals surface area contributed by atoms with Crippen molar-refractivity contribution in [3.8, 4) is 0 Å². The highest BCUT2D eigenvalue weighted by Crippen LogP contribution is 2.19. The van der Waals surface area contributed by atoms with Gasteiger partial charge in [-0.15, -0.1) is 0 Å². The summed E-state index contributed by atoms with van der Waals surface area (Å²) in [5.74, 6) is 1.16. The van der Waals surface area contributed by atoms with Gasteiger partial charge >= 0.3 is 0 Å². The van der Waals surface area contributed by atoms with E-state index in [2.05, 4.69) is 5.32 Å². The van der Waals surface area contributed by atoms with Crippen LogP contribution in [0.4, 0.5) is 0 Å². The molecule has 1 amide bonds. The number of nitrogens with zero attached hydrogens (tertiary/aromatic N) is 1. The van der Waals surface area contributed by atoms with E-state index < -0.39 is 10.0 Å². The van der Waals surface area contributed by atoms with Gasteiger partial charge in [0.15, 0.2) is 0 Å². The molecule has 8 heteroatoms. The molecule has 1 atom stereocenters. The second kappa shape index (κ2) is 7.61. The van der Waals surface area contributed by atoms with Crippen LogP contribution in [-0.4, -0.2) is 44.9 Å². The number of rotatable bonds is 5. The van der Waals surface area contributed by atoms with Crippen LogP contribution in [0.3, 0.4) is 0 Å². The fourth-order valence-electron chi connectivity index (χ4n) is 2.75. The number of hydrogen-bond acceptors (Lipinski definition) is 5. The molecule has 1 unspecified atom stereocenters. The first-order valence-corrected chi connectivity index (χ1v) is 9.87. The van der Waals surface area contributed by atoms with E-state index in [-0.39, 0.29) is 16.8 Å². The SMILES string of the molecule is Cc1ccc(C(C)NC(=O)c2ccc(S(=O)(=O)N3CCOCC3)cc2)o1. The molecule has 1 saturated heterocycles. The van der Waals surface area contributed by atoms with E-state index >= 15 is 0 Å². The van der Waals surface area contributed by atoms with Crippen molar-refractivity contribution in [3.05, 3.63) is 53.5 Å². The summed E-state index contributed by atoms with van der Waals surface area (Å²) in [6, 6.07) is 9.32. The number of amides is 1. The van der Waals surface area contributed by atoms with Gasteiger partial charge < -0.3 is 14.5 Å². The Balaban J connectivity index is 1.69. The molecular formula is C18H22N2O5S. The predicted octanol–water partition coefficient (Wildman–Crippen LogP) is 2.10. The molecule has 0 saturated carbocycles. The van der Waals surface area contributed by atoms with Crippen LogP contribution in [0.5, 0.6) is 0 Å². The minimum atomic E-state index is -3.56. The van der Waals surface area contributed by atoms with Crippen LogP contribution >= 0.6 is 0 Å². The Kier molecular flexibility index (Phi) is 5.45. The van der Waals surface area contributed by atoms with Crippen LogP contribution in [0.1, 0.15) is 34.8 Å². The lowest BCUT2D eigenvalue weighted by Gasteiger charge is -2.26. The molecule has 1 aliphatic rings. The summed E-state index contributed by atoms with van der Waals surface area (Å²) in [7, 11) is -3.56. The first-order chi connectivity index (χ1) is 12.4. The zero-order chi connectivity index (χ0) is 18.7. The van der Waals surface area contributed by atoms with Gasteiger partial charge in [0.05, 0.1) is 24.2 Å². The smallest absolute Gasteiger partial charge is 0.251 e. The van der Waals surface area contributed by atoms with Crippen molar-refractivity contribution in [2.24, 2.45) is 0 Å². The lowest BCUT2D eigenvalue weighted by atomic mass is 10.2. The fraction of sp³-hybridized carbons (Fsp3) is 0.389. The number of benzene rings is 1. The number of furan rings is 1. The van der Waals surface area contributed by atoms with Crippen molar-refractivity contribution in [1.82, 2.24) is 9.62 Å². The van der Waals surface area contributed by atoms with Gasteiger partial charge in [-0.2, -0.15) is 4.31 Å². The number of nitrogens with one attached hydrogen (secondary N) is 1. The molecular weight excluding hydrogens is 356 g/mol. The van der Waals surface area contributed by atoms with E-state index in [1.807, 2.05) is 26.0 Å². The monoisotopic (exact) mass is 378 g/mol.